The fraction of sp³-hybridized carbons (Fsp3) is 0.708. The van der Waals surface area contributed by atoms with Crippen molar-refractivity contribution in [1.29, 1.82) is 0 Å². The van der Waals surface area contributed by atoms with Crippen LogP contribution in [-0.2, 0) is 10.2 Å². The molecule has 0 aromatic carbocycles. The first kappa shape index (κ1) is 23.0. The van der Waals surface area contributed by atoms with Gasteiger partial charge in [-0.15, -0.1) is 11.3 Å². The van der Waals surface area contributed by atoms with Gasteiger partial charge in [-0.1, -0.05) is 27.7 Å². The Morgan fingerprint density at radius 1 is 1.10 bits per heavy atom. The fourth-order valence-electron chi connectivity index (χ4n) is 4.70. The smallest absolute Gasteiger partial charge is 0.348 e. The zero-order valence-corrected chi connectivity index (χ0v) is 19.8. The molecule has 2 aliphatic rings. The van der Waals surface area contributed by atoms with E-state index in [0.29, 0.717) is 16.5 Å². The Labute approximate surface area is 184 Å². The summed E-state index contributed by atoms with van der Waals surface area (Å²) < 4.78 is 0. The van der Waals surface area contributed by atoms with Gasteiger partial charge in [0, 0.05) is 29.6 Å². The van der Waals surface area contributed by atoms with Crippen molar-refractivity contribution in [2.45, 2.75) is 90.5 Å². The Bertz CT molecular complexity index is 803. The second kappa shape index (κ2) is 9.21. The predicted octanol–water partition coefficient (Wildman–Crippen LogP) is 5.92. The first-order valence-corrected chi connectivity index (χ1v) is 12.1. The lowest BCUT2D eigenvalue weighted by Crippen LogP contribution is -2.46. The summed E-state index contributed by atoms with van der Waals surface area (Å²) >= 11 is 1.32. The lowest BCUT2D eigenvalue weighted by Gasteiger charge is -2.38. The minimum atomic E-state index is -0.938. The molecule has 0 aliphatic heterocycles. The van der Waals surface area contributed by atoms with E-state index in [1.807, 2.05) is 18.0 Å². The van der Waals surface area contributed by atoms with Gasteiger partial charge in [0.25, 0.3) is 0 Å². The Kier molecular flexibility index (Phi) is 7.05. The first-order valence-electron chi connectivity index (χ1n) is 11.3. The van der Waals surface area contributed by atoms with E-state index in [-0.39, 0.29) is 23.3 Å². The molecule has 1 heterocycles. The third kappa shape index (κ3) is 4.96. The highest BCUT2D eigenvalue weighted by Crippen LogP contribution is 2.41. The topological polar surface area (TPSA) is 70.0 Å². The maximum Gasteiger partial charge on any atom is 0.348 e. The van der Waals surface area contributed by atoms with Crippen molar-refractivity contribution in [2.75, 3.05) is 11.9 Å². The van der Waals surface area contributed by atoms with E-state index in [0.717, 1.165) is 56.2 Å². The molecule has 2 aliphatic carbocycles. The molecule has 1 N–H and O–H groups in total. The van der Waals surface area contributed by atoms with Crippen molar-refractivity contribution in [3.8, 4) is 0 Å². The van der Waals surface area contributed by atoms with E-state index in [1.165, 1.54) is 17.0 Å². The molecule has 5 nitrogen and oxygen atoms in total. The largest absolute Gasteiger partial charge is 0.477 e. The van der Waals surface area contributed by atoms with Crippen LogP contribution in [0.1, 0.15) is 93.6 Å². The normalized spacial score (nSPS) is 25.1. The molecule has 0 atom stereocenters. The second-order valence-electron chi connectivity index (χ2n) is 10.1. The molecule has 1 amide bonds. The lowest BCUT2D eigenvalue weighted by atomic mass is 9.81. The van der Waals surface area contributed by atoms with Crippen molar-refractivity contribution in [1.82, 2.24) is 0 Å². The highest BCUT2D eigenvalue weighted by atomic mass is 32.1. The van der Waals surface area contributed by atoms with Crippen LogP contribution >= 0.6 is 11.3 Å². The molecule has 0 saturated heterocycles. The van der Waals surface area contributed by atoms with Gasteiger partial charge in [0.05, 0.1) is 5.69 Å². The first-order chi connectivity index (χ1) is 14.1. The summed E-state index contributed by atoms with van der Waals surface area (Å²) in [6.07, 6.45) is 7.42. The zero-order valence-electron chi connectivity index (χ0n) is 19.0. The summed E-state index contributed by atoms with van der Waals surface area (Å²) in [6.45, 7) is 8.52. The molecule has 0 radical (unpaired) electrons. The maximum absolute atomic E-state index is 13.8. The number of carboxylic acid groups (broad SMARTS) is 1. The standard InChI is InChI=1S/C24H36N2O3S/c1-15-6-8-16(9-7-15)22(27)26(18-12-10-17(25-5)11-13-18)19-14-20(24(2,3)4)30-21(19)23(28)29/h14-16,18H,6-13H2,1-5H3,(H,28,29)/t15-,16-,18?. The summed E-state index contributed by atoms with van der Waals surface area (Å²) in [5.74, 6) is -0.137. The number of nitrogens with zero attached hydrogens (tertiary/aromatic N) is 2. The van der Waals surface area contributed by atoms with Crippen LogP contribution in [0.2, 0.25) is 0 Å². The lowest BCUT2D eigenvalue weighted by molar-refractivity contribution is -0.124. The molecule has 30 heavy (non-hydrogen) atoms. The van der Waals surface area contributed by atoms with Gasteiger partial charge < -0.3 is 10.0 Å². The molecular formula is C24H36N2O3S. The van der Waals surface area contributed by atoms with E-state index >= 15 is 0 Å². The summed E-state index contributed by atoms with van der Waals surface area (Å²) in [4.78, 5) is 33.5. The van der Waals surface area contributed by atoms with Crippen LogP contribution in [0.3, 0.4) is 0 Å². The van der Waals surface area contributed by atoms with Crippen LogP contribution in [-0.4, -0.2) is 35.8 Å². The van der Waals surface area contributed by atoms with E-state index in [4.69, 9.17) is 0 Å². The Hall–Kier alpha value is -1.69. The van der Waals surface area contributed by atoms with Gasteiger partial charge in [-0.2, -0.15) is 0 Å². The van der Waals surface area contributed by atoms with Crippen LogP contribution < -0.4 is 4.90 Å². The maximum atomic E-state index is 13.8. The molecule has 1 aromatic heterocycles. The van der Waals surface area contributed by atoms with Crippen LogP contribution in [0.25, 0.3) is 0 Å². The van der Waals surface area contributed by atoms with Crippen molar-refractivity contribution < 1.29 is 14.7 Å². The molecule has 0 bridgehead atoms. The molecule has 0 unspecified atom stereocenters. The van der Waals surface area contributed by atoms with Crippen LogP contribution in [0.4, 0.5) is 5.69 Å². The number of amides is 1. The number of aromatic carboxylic acids is 1. The van der Waals surface area contributed by atoms with Crippen LogP contribution in [0.15, 0.2) is 11.1 Å². The second-order valence-corrected chi connectivity index (χ2v) is 11.1. The van der Waals surface area contributed by atoms with Crippen molar-refractivity contribution in [3.63, 3.8) is 0 Å². The third-order valence-corrected chi connectivity index (χ3v) is 8.26. The SMILES string of the molecule is CN=C1CCC(N(c2cc(C(C)(C)C)sc2C(=O)O)C(=O)[C@H]2CC[C@H](C)CC2)CC1. The Morgan fingerprint density at radius 3 is 2.20 bits per heavy atom. The quantitative estimate of drug-likeness (QED) is 0.642. The van der Waals surface area contributed by atoms with Gasteiger partial charge in [0.2, 0.25) is 5.91 Å². The number of aliphatic imine (C=N–C) groups is 1. The van der Waals surface area contributed by atoms with Gasteiger partial charge in [-0.05, 0) is 68.8 Å². The number of carboxylic acids is 1. The number of carbonyl (C=O) groups excluding carboxylic acids is 1. The van der Waals surface area contributed by atoms with Gasteiger partial charge >= 0.3 is 5.97 Å². The van der Waals surface area contributed by atoms with Gasteiger partial charge in [0.1, 0.15) is 4.88 Å². The number of anilines is 1. The molecule has 166 valence electrons. The van der Waals surface area contributed by atoms with Gasteiger partial charge in [-0.3, -0.25) is 9.79 Å². The average Bonchev–Trinajstić information content (AvgIpc) is 3.15. The van der Waals surface area contributed by atoms with E-state index in [9.17, 15) is 14.7 Å². The number of rotatable bonds is 4. The minimum absolute atomic E-state index is 0.00192. The number of thiophene rings is 1. The monoisotopic (exact) mass is 432 g/mol. The van der Waals surface area contributed by atoms with E-state index in [2.05, 4.69) is 32.7 Å². The Balaban J connectivity index is 2.00. The Morgan fingerprint density at radius 2 is 1.70 bits per heavy atom. The molecule has 3 rings (SSSR count). The van der Waals surface area contributed by atoms with E-state index < -0.39 is 5.97 Å². The fourth-order valence-corrected chi connectivity index (χ4v) is 5.75. The highest BCUT2D eigenvalue weighted by Gasteiger charge is 2.37. The molecule has 2 fully saturated rings. The van der Waals surface area contributed by atoms with Crippen LogP contribution in [0, 0.1) is 11.8 Å². The molecular weight excluding hydrogens is 396 g/mol. The summed E-state index contributed by atoms with van der Waals surface area (Å²) in [6, 6.07) is 2.02. The highest BCUT2D eigenvalue weighted by molar-refractivity contribution is 7.14. The van der Waals surface area contributed by atoms with Gasteiger partial charge in [-0.25, -0.2) is 4.79 Å². The zero-order chi connectivity index (χ0) is 22.1. The predicted molar refractivity (Wildman–Crippen MR) is 124 cm³/mol. The average molecular weight is 433 g/mol. The number of hydrogen-bond donors (Lipinski definition) is 1. The third-order valence-electron chi connectivity index (χ3n) is 6.72. The summed E-state index contributed by atoms with van der Waals surface area (Å²) in [5, 5.41) is 9.95. The van der Waals surface area contributed by atoms with Crippen molar-refractivity contribution in [3.05, 3.63) is 15.8 Å². The van der Waals surface area contributed by atoms with Gasteiger partial charge in [0.15, 0.2) is 0 Å². The molecule has 1 aromatic rings. The summed E-state index contributed by atoms with van der Waals surface area (Å²) in [5.41, 5.74) is 1.66. The minimum Gasteiger partial charge on any atom is -0.477 e. The number of carbonyl (C=O) groups is 2. The summed E-state index contributed by atoms with van der Waals surface area (Å²) in [7, 11) is 1.83. The number of hydrogen-bond acceptors (Lipinski definition) is 4. The van der Waals surface area contributed by atoms with E-state index in [1.54, 1.807) is 0 Å². The van der Waals surface area contributed by atoms with Crippen molar-refractivity contribution in [2.24, 2.45) is 16.8 Å². The molecule has 6 heteroatoms. The van der Waals surface area contributed by atoms with Crippen LogP contribution in [0.5, 0.6) is 0 Å². The molecule has 2 saturated carbocycles. The molecule has 0 spiro atoms. The van der Waals surface area contributed by atoms with Crippen molar-refractivity contribution >= 4 is 34.6 Å².